The van der Waals surface area contributed by atoms with Crippen LogP contribution in [0.2, 0.25) is 0 Å². The normalized spacial score (nSPS) is 9.39. The lowest BCUT2D eigenvalue weighted by molar-refractivity contribution is 0.136. The standard InChI is InChI=1S/C12H16N2O4/c1-2-3-9-17-11(15)13-14-12(16)18-10-7-5-4-6-8-10/h4-8H,2-3,9H2,1H3,(H,13,15)(H,14,16). The number of unbranched alkanes of at least 4 members (excludes halogenated alkanes) is 1. The molecule has 0 aromatic heterocycles. The molecule has 0 atom stereocenters. The van der Waals surface area contributed by atoms with E-state index >= 15 is 0 Å². The number of nitrogens with one attached hydrogen (secondary N) is 2. The first-order valence-corrected chi connectivity index (χ1v) is 5.68. The van der Waals surface area contributed by atoms with Gasteiger partial charge in [-0.3, -0.25) is 0 Å². The van der Waals surface area contributed by atoms with Gasteiger partial charge in [-0.15, -0.1) is 0 Å². The van der Waals surface area contributed by atoms with Crippen LogP contribution in [0.4, 0.5) is 9.59 Å². The molecule has 0 heterocycles. The van der Waals surface area contributed by atoms with E-state index in [9.17, 15) is 9.59 Å². The van der Waals surface area contributed by atoms with Crippen molar-refractivity contribution in [1.29, 1.82) is 0 Å². The molecule has 0 fully saturated rings. The van der Waals surface area contributed by atoms with Crippen molar-refractivity contribution in [2.45, 2.75) is 19.8 Å². The van der Waals surface area contributed by atoms with Crippen LogP contribution in [0.5, 0.6) is 5.75 Å². The van der Waals surface area contributed by atoms with Crippen LogP contribution in [0.1, 0.15) is 19.8 Å². The molecule has 2 N–H and O–H groups in total. The van der Waals surface area contributed by atoms with Crippen LogP contribution in [0.25, 0.3) is 0 Å². The SMILES string of the molecule is CCCCOC(=O)NNC(=O)Oc1ccccc1. The molecule has 98 valence electrons. The Kier molecular flexibility index (Phi) is 6.10. The number of carbonyl (C=O) groups excluding carboxylic acids is 2. The molecule has 0 radical (unpaired) electrons. The van der Waals surface area contributed by atoms with E-state index in [1.807, 2.05) is 6.92 Å². The van der Waals surface area contributed by atoms with Crippen LogP contribution in [0.3, 0.4) is 0 Å². The molecule has 0 unspecified atom stereocenters. The lowest BCUT2D eigenvalue weighted by Crippen LogP contribution is -2.43. The van der Waals surface area contributed by atoms with Crippen molar-refractivity contribution < 1.29 is 19.1 Å². The third-order valence-electron chi connectivity index (χ3n) is 1.95. The summed E-state index contributed by atoms with van der Waals surface area (Å²) >= 11 is 0. The smallest absolute Gasteiger partial charge is 0.431 e. The predicted molar refractivity (Wildman–Crippen MR) is 65.0 cm³/mol. The number of ether oxygens (including phenoxy) is 2. The average molecular weight is 252 g/mol. The summed E-state index contributed by atoms with van der Waals surface area (Å²) in [4.78, 5) is 22.3. The lowest BCUT2D eigenvalue weighted by Gasteiger charge is -2.08. The Morgan fingerprint density at radius 3 is 2.44 bits per heavy atom. The molecule has 0 aliphatic heterocycles. The summed E-state index contributed by atoms with van der Waals surface area (Å²) in [5, 5.41) is 0. The molecular formula is C12H16N2O4. The van der Waals surface area contributed by atoms with Crippen LogP contribution in [-0.4, -0.2) is 18.8 Å². The fourth-order valence-corrected chi connectivity index (χ4v) is 1.07. The summed E-state index contributed by atoms with van der Waals surface area (Å²) in [6.07, 6.45) is 0.209. The maximum atomic E-state index is 11.2. The number of para-hydroxylation sites is 1. The first kappa shape index (κ1) is 13.8. The van der Waals surface area contributed by atoms with Crippen LogP contribution in [0, 0.1) is 0 Å². The third kappa shape index (κ3) is 5.74. The third-order valence-corrected chi connectivity index (χ3v) is 1.95. The molecule has 1 aromatic rings. The van der Waals surface area contributed by atoms with Gasteiger partial charge in [0.2, 0.25) is 0 Å². The Hall–Kier alpha value is -2.24. The van der Waals surface area contributed by atoms with Gasteiger partial charge in [-0.2, -0.15) is 0 Å². The Labute approximate surface area is 105 Å². The zero-order valence-corrected chi connectivity index (χ0v) is 10.1. The van der Waals surface area contributed by atoms with E-state index in [0.29, 0.717) is 12.4 Å². The molecule has 2 amide bonds. The summed E-state index contributed by atoms with van der Waals surface area (Å²) in [6.45, 7) is 2.30. The van der Waals surface area contributed by atoms with Gasteiger partial charge in [0, 0.05) is 0 Å². The summed E-state index contributed by atoms with van der Waals surface area (Å²) < 4.78 is 9.63. The highest BCUT2D eigenvalue weighted by atomic mass is 16.6. The first-order chi connectivity index (χ1) is 8.72. The maximum Gasteiger partial charge on any atom is 0.431 e. The molecule has 0 aliphatic carbocycles. The van der Waals surface area contributed by atoms with Gasteiger partial charge in [-0.1, -0.05) is 31.5 Å². The second-order valence-electron chi connectivity index (χ2n) is 3.44. The largest absolute Gasteiger partial charge is 0.448 e. The maximum absolute atomic E-state index is 11.2. The second kappa shape index (κ2) is 7.94. The Balaban J connectivity index is 2.19. The van der Waals surface area contributed by atoms with Crippen molar-refractivity contribution in [3.63, 3.8) is 0 Å². The Morgan fingerprint density at radius 2 is 1.78 bits per heavy atom. The van der Waals surface area contributed by atoms with Crippen molar-refractivity contribution in [2.75, 3.05) is 6.61 Å². The molecule has 6 nitrogen and oxygen atoms in total. The van der Waals surface area contributed by atoms with Gasteiger partial charge in [-0.25, -0.2) is 20.4 Å². The van der Waals surface area contributed by atoms with Crippen molar-refractivity contribution >= 4 is 12.2 Å². The number of hydrogen-bond acceptors (Lipinski definition) is 4. The fourth-order valence-electron chi connectivity index (χ4n) is 1.07. The molecule has 0 saturated carbocycles. The van der Waals surface area contributed by atoms with Crippen LogP contribution in [-0.2, 0) is 4.74 Å². The van der Waals surface area contributed by atoms with Gasteiger partial charge in [0.1, 0.15) is 5.75 Å². The number of benzene rings is 1. The van der Waals surface area contributed by atoms with E-state index in [-0.39, 0.29) is 0 Å². The molecule has 18 heavy (non-hydrogen) atoms. The quantitative estimate of drug-likeness (QED) is 0.636. The Morgan fingerprint density at radius 1 is 1.11 bits per heavy atom. The minimum Gasteiger partial charge on any atom is -0.448 e. The van der Waals surface area contributed by atoms with Gasteiger partial charge in [0.15, 0.2) is 0 Å². The van der Waals surface area contributed by atoms with Gasteiger partial charge in [0.05, 0.1) is 6.61 Å². The van der Waals surface area contributed by atoms with Crippen molar-refractivity contribution in [1.82, 2.24) is 10.9 Å². The highest BCUT2D eigenvalue weighted by Crippen LogP contribution is 2.07. The first-order valence-electron chi connectivity index (χ1n) is 5.68. The van der Waals surface area contributed by atoms with Crippen molar-refractivity contribution in [3.8, 4) is 5.75 Å². The Bertz CT molecular complexity index is 381. The summed E-state index contributed by atoms with van der Waals surface area (Å²) in [5.41, 5.74) is 4.15. The zero-order valence-electron chi connectivity index (χ0n) is 10.1. The number of hydrogen-bond donors (Lipinski definition) is 2. The minimum absolute atomic E-state index is 0.317. The van der Waals surface area contributed by atoms with E-state index in [1.165, 1.54) is 0 Å². The lowest BCUT2D eigenvalue weighted by atomic mass is 10.3. The fraction of sp³-hybridized carbons (Fsp3) is 0.333. The van der Waals surface area contributed by atoms with Gasteiger partial charge in [0.25, 0.3) is 0 Å². The number of rotatable bonds is 4. The molecule has 0 spiro atoms. The summed E-state index contributed by atoms with van der Waals surface area (Å²) in [7, 11) is 0. The minimum atomic E-state index is -0.784. The van der Waals surface area contributed by atoms with Crippen LogP contribution < -0.4 is 15.6 Å². The van der Waals surface area contributed by atoms with E-state index in [4.69, 9.17) is 9.47 Å². The number of hydrazine groups is 1. The number of amides is 2. The average Bonchev–Trinajstić information content (AvgIpc) is 2.38. The molecule has 0 bridgehead atoms. The molecule has 0 aliphatic rings. The van der Waals surface area contributed by atoms with E-state index in [0.717, 1.165) is 12.8 Å². The highest BCUT2D eigenvalue weighted by Gasteiger charge is 2.06. The molecule has 1 rings (SSSR count). The molecular weight excluding hydrogens is 236 g/mol. The van der Waals surface area contributed by atoms with Crippen LogP contribution in [0.15, 0.2) is 30.3 Å². The topological polar surface area (TPSA) is 76.7 Å². The van der Waals surface area contributed by atoms with Gasteiger partial charge in [-0.05, 0) is 18.6 Å². The molecule has 6 heteroatoms. The van der Waals surface area contributed by atoms with E-state index in [1.54, 1.807) is 30.3 Å². The predicted octanol–water partition coefficient (Wildman–Crippen LogP) is 2.22. The summed E-state index contributed by atoms with van der Waals surface area (Å²) in [6, 6.07) is 8.51. The van der Waals surface area contributed by atoms with E-state index < -0.39 is 12.2 Å². The van der Waals surface area contributed by atoms with Crippen molar-refractivity contribution in [3.05, 3.63) is 30.3 Å². The van der Waals surface area contributed by atoms with E-state index in [2.05, 4.69) is 10.9 Å². The monoisotopic (exact) mass is 252 g/mol. The molecule has 0 saturated heterocycles. The molecule has 1 aromatic carbocycles. The van der Waals surface area contributed by atoms with Gasteiger partial charge < -0.3 is 9.47 Å². The second-order valence-corrected chi connectivity index (χ2v) is 3.44. The van der Waals surface area contributed by atoms with Gasteiger partial charge >= 0.3 is 12.2 Å². The highest BCUT2D eigenvalue weighted by molar-refractivity contribution is 5.75. The van der Waals surface area contributed by atoms with Crippen molar-refractivity contribution in [2.24, 2.45) is 0 Å². The number of carbonyl (C=O) groups is 2. The summed E-state index contributed by atoms with van der Waals surface area (Å²) in [5.74, 6) is 0.385. The zero-order chi connectivity index (χ0) is 13.2. The van der Waals surface area contributed by atoms with Crippen LogP contribution >= 0.6 is 0 Å².